The highest BCUT2D eigenvalue weighted by atomic mass is 19.4. The summed E-state index contributed by atoms with van der Waals surface area (Å²) in [6, 6.07) is 5.70. The van der Waals surface area contributed by atoms with Crippen molar-refractivity contribution in [2.24, 2.45) is 0 Å². The van der Waals surface area contributed by atoms with Crippen LogP contribution < -0.4 is 10.1 Å². The van der Waals surface area contributed by atoms with Crippen molar-refractivity contribution in [3.63, 3.8) is 0 Å². The normalized spacial score (nSPS) is 13.4. The van der Waals surface area contributed by atoms with Gasteiger partial charge < -0.3 is 10.1 Å². The van der Waals surface area contributed by atoms with Crippen molar-refractivity contribution in [1.29, 1.82) is 0 Å². The molecule has 1 N–H and O–H groups in total. The van der Waals surface area contributed by atoms with E-state index in [1.807, 2.05) is 33.0 Å². The van der Waals surface area contributed by atoms with Gasteiger partial charge in [-0.15, -0.1) is 0 Å². The van der Waals surface area contributed by atoms with Crippen molar-refractivity contribution in [2.75, 3.05) is 13.7 Å². The van der Waals surface area contributed by atoms with Crippen LogP contribution in [0.5, 0.6) is 5.75 Å². The monoisotopic (exact) mass is 261 g/mol. The van der Waals surface area contributed by atoms with Gasteiger partial charge in [-0.2, -0.15) is 13.2 Å². The Morgan fingerprint density at radius 2 is 2.00 bits per heavy atom. The molecular formula is C13H18F3NO. The number of ether oxygens (including phenoxy) is 1. The number of alkyl halides is 3. The molecule has 0 spiro atoms. The molecule has 0 aliphatic carbocycles. The lowest BCUT2D eigenvalue weighted by Crippen LogP contribution is -2.14. The Labute approximate surface area is 105 Å². The molecule has 0 aliphatic heterocycles. The summed E-state index contributed by atoms with van der Waals surface area (Å²) in [6.45, 7) is 3.50. The first-order valence-corrected chi connectivity index (χ1v) is 5.81. The van der Waals surface area contributed by atoms with Crippen LogP contribution in [0.3, 0.4) is 0 Å². The van der Waals surface area contributed by atoms with E-state index >= 15 is 0 Å². The topological polar surface area (TPSA) is 21.3 Å². The van der Waals surface area contributed by atoms with Crippen LogP contribution in [-0.2, 0) is 0 Å². The van der Waals surface area contributed by atoms with Crippen LogP contribution >= 0.6 is 0 Å². The van der Waals surface area contributed by atoms with Gasteiger partial charge in [0.05, 0.1) is 13.0 Å². The van der Waals surface area contributed by atoms with Gasteiger partial charge in [-0.25, -0.2) is 0 Å². The third-order valence-corrected chi connectivity index (χ3v) is 2.78. The second-order valence-electron chi connectivity index (χ2n) is 4.25. The third-order valence-electron chi connectivity index (χ3n) is 2.78. The summed E-state index contributed by atoms with van der Waals surface area (Å²) in [5.41, 5.74) is 1.93. The van der Waals surface area contributed by atoms with Gasteiger partial charge in [-0.05, 0) is 38.1 Å². The smallest absolute Gasteiger partial charge is 0.392 e. The molecule has 1 atom stereocenters. The Kier molecular flexibility index (Phi) is 5.02. The predicted octanol–water partition coefficient (Wildman–Crippen LogP) is 3.61. The fourth-order valence-corrected chi connectivity index (χ4v) is 1.55. The number of aryl methyl sites for hydroxylation is 1. The summed E-state index contributed by atoms with van der Waals surface area (Å²) in [5, 5.41) is 3.10. The molecule has 0 aliphatic rings. The highest BCUT2D eigenvalue weighted by Gasteiger charge is 2.26. The number of hydrogen-bond acceptors (Lipinski definition) is 2. The SMILES string of the molecule is CNC(C)c1ccc(OCCC(F)(F)F)c(C)c1. The lowest BCUT2D eigenvalue weighted by atomic mass is 10.1. The molecule has 0 saturated carbocycles. The van der Waals surface area contributed by atoms with Crippen LogP contribution in [0.2, 0.25) is 0 Å². The Bertz CT molecular complexity index is 390. The maximum absolute atomic E-state index is 12.0. The molecule has 1 rings (SSSR count). The van der Waals surface area contributed by atoms with Crippen molar-refractivity contribution in [3.05, 3.63) is 29.3 Å². The Balaban J connectivity index is 2.63. The van der Waals surface area contributed by atoms with E-state index in [1.165, 1.54) is 0 Å². The molecule has 1 aromatic carbocycles. The zero-order chi connectivity index (χ0) is 13.8. The number of rotatable bonds is 5. The molecular weight excluding hydrogens is 243 g/mol. The van der Waals surface area contributed by atoms with Crippen molar-refractivity contribution < 1.29 is 17.9 Å². The second kappa shape index (κ2) is 6.09. The fourth-order valence-electron chi connectivity index (χ4n) is 1.55. The molecule has 0 saturated heterocycles. The molecule has 0 aromatic heterocycles. The van der Waals surface area contributed by atoms with Crippen molar-refractivity contribution in [1.82, 2.24) is 5.32 Å². The van der Waals surface area contributed by atoms with Crippen LogP contribution in [0.4, 0.5) is 13.2 Å². The van der Waals surface area contributed by atoms with Crippen LogP contribution in [-0.4, -0.2) is 19.8 Å². The standard InChI is InChI=1S/C13H18F3NO/c1-9-8-11(10(2)17-3)4-5-12(9)18-7-6-13(14,15)16/h4-5,8,10,17H,6-7H2,1-3H3. The van der Waals surface area contributed by atoms with E-state index in [9.17, 15) is 13.2 Å². The van der Waals surface area contributed by atoms with Crippen LogP contribution in [0.1, 0.15) is 30.5 Å². The summed E-state index contributed by atoms with van der Waals surface area (Å²) in [7, 11) is 1.85. The van der Waals surface area contributed by atoms with Gasteiger partial charge in [0, 0.05) is 6.04 Å². The molecule has 5 heteroatoms. The van der Waals surface area contributed by atoms with Gasteiger partial charge in [-0.1, -0.05) is 12.1 Å². The van der Waals surface area contributed by atoms with E-state index < -0.39 is 12.6 Å². The van der Waals surface area contributed by atoms with Gasteiger partial charge in [0.1, 0.15) is 5.75 Å². The largest absolute Gasteiger partial charge is 0.493 e. The summed E-state index contributed by atoms with van der Waals surface area (Å²) in [5.74, 6) is 0.506. The summed E-state index contributed by atoms with van der Waals surface area (Å²) >= 11 is 0. The zero-order valence-electron chi connectivity index (χ0n) is 10.8. The highest BCUT2D eigenvalue weighted by molar-refractivity contribution is 5.37. The first kappa shape index (κ1) is 14.8. The van der Waals surface area contributed by atoms with Gasteiger partial charge in [-0.3, -0.25) is 0 Å². The lowest BCUT2D eigenvalue weighted by Gasteiger charge is -2.15. The van der Waals surface area contributed by atoms with E-state index in [4.69, 9.17) is 4.74 Å². The average Bonchev–Trinajstić information content (AvgIpc) is 2.28. The number of halogens is 3. The summed E-state index contributed by atoms with van der Waals surface area (Å²) < 4.78 is 41.1. The van der Waals surface area contributed by atoms with Crippen molar-refractivity contribution >= 4 is 0 Å². The Hall–Kier alpha value is -1.23. The van der Waals surface area contributed by atoms with Crippen molar-refractivity contribution in [3.8, 4) is 5.75 Å². The van der Waals surface area contributed by atoms with Gasteiger partial charge in [0.2, 0.25) is 0 Å². The second-order valence-corrected chi connectivity index (χ2v) is 4.25. The molecule has 0 bridgehead atoms. The Morgan fingerprint density at radius 3 is 2.50 bits per heavy atom. The van der Waals surface area contributed by atoms with Crippen LogP contribution in [0, 0.1) is 6.92 Å². The molecule has 1 aromatic rings. The minimum atomic E-state index is -4.17. The quantitative estimate of drug-likeness (QED) is 0.874. The molecule has 0 amide bonds. The minimum absolute atomic E-state index is 0.202. The van der Waals surface area contributed by atoms with Gasteiger partial charge in [0.15, 0.2) is 0 Å². The van der Waals surface area contributed by atoms with E-state index in [0.29, 0.717) is 5.75 Å². The molecule has 0 radical (unpaired) electrons. The van der Waals surface area contributed by atoms with Crippen LogP contribution in [0.25, 0.3) is 0 Å². The number of hydrogen-bond donors (Lipinski definition) is 1. The summed E-state index contributed by atoms with van der Waals surface area (Å²) in [6.07, 6.45) is -5.10. The molecule has 1 unspecified atom stereocenters. The van der Waals surface area contributed by atoms with Crippen molar-refractivity contribution in [2.45, 2.75) is 32.5 Å². The van der Waals surface area contributed by atoms with Gasteiger partial charge >= 0.3 is 6.18 Å². The molecule has 0 heterocycles. The predicted molar refractivity (Wildman–Crippen MR) is 64.8 cm³/mol. The number of nitrogens with one attached hydrogen (secondary N) is 1. The maximum atomic E-state index is 12.0. The number of benzene rings is 1. The molecule has 18 heavy (non-hydrogen) atoms. The van der Waals surface area contributed by atoms with E-state index in [-0.39, 0.29) is 12.6 Å². The first-order valence-electron chi connectivity index (χ1n) is 5.81. The fraction of sp³-hybridized carbons (Fsp3) is 0.538. The summed E-state index contributed by atoms with van der Waals surface area (Å²) in [4.78, 5) is 0. The van der Waals surface area contributed by atoms with E-state index in [1.54, 1.807) is 6.07 Å². The van der Waals surface area contributed by atoms with E-state index in [2.05, 4.69) is 5.32 Å². The lowest BCUT2D eigenvalue weighted by molar-refractivity contribution is -0.139. The highest BCUT2D eigenvalue weighted by Crippen LogP contribution is 2.24. The molecule has 2 nitrogen and oxygen atoms in total. The maximum Gasteiger partial charge on any atom is 0.392 e. The van der Waals surface area contributed by atoms with E-state index in [0.717, 1.165) is 11.1 Å². The zero-order valence-corrected chi connectivity index (χ0v) is 10.8. The van der Waals surface area contributed by atoms with Crippen LogP contribution in [0.15, 0.2) is 18.2 Å². The third kappa shape index (κ3) is 4.56. The average molecular weight is 261 g/mol. The Morgan fingerprint density at radius 1 is 1.33 bits per heavy atom. The first-order chi connectivity index (χ1) is 8.33. The van der Waals surface area contributed by atoms with Gasteiger partial charge in [0.25, 0.3) is 0 Å². The minimum Gasteiger partial charge on any atom is -0.493 e. The molecule has 102 valence electrons. The molecule has 0 fully saturated rings.